The van der Waals surface area contributed by atoms with Gasteiger partial charge in [-0.2, -0.15) is 0 Å². The average Bonchev–Trinajstić information content (AvgIpc) is 2.08. The van der Waals surface area contributed by atoms with Crippen LogP contribution in [0.2, 0.25) is 0 Å². The maximum absolute atomic E-state index is 9.13. The van der Waals surface area contributed by atoms with Gasteiger partial charge in [-0.3, -0.25) is 11.3 Å². The molecule has 1 atom stereocenters. The van der Waals surface area contributed by atoms with Gasteiger partial charge in [0.25, 0.3) is 0 Å². The molecule has 1 unspecified atom stereocenters. The minimum atomic E-state index is -0.130. The molecule has 4 nitrogen and oxygen atoms in total. The molecule has 0 spiro atoms. The molecule has 4 heteroatoms. The van der Waals surface area contributed by atoms with Gasteiger partial charge in [-0.1, -0.05) is 6.07 Å². The number of hydrazine groups is 1. The lowest BCUT2D eigenvalue weighted by Crippen LogP contribution is -2.25. The van der Waals surface area contributed by atoms with Crippen LogP contribution < -0.4 is 11.3 Å². The van der Waals surface area contributed by atoms with Gasteiger partial charge in [0.1, 0.15) is 0 Å². The fourth-order valence-electron chi connectivity index (χ4n) is 0.906. The number of rotatable bonds is 2. The lowest BCUT2D eigenvalue weighted by Gasteiger charge is -2.10. The smallest absolute Gasteiger partial charge is 0.157 e. The molecule has 0 saturated carbocycles. The zero-order valence-corrected chi connectivity index (χ0v) is 6.78. The molecule has 1 aromatic carbocycles. The third-order valence-corrected chi connectivity index (χ3v) is 1.75. The molecule has 0 fully saturated rings. The summed E-state index contributed by atoms with van der Waals surface area (Å²) in [6, 6.07) is 4.55. The zero-order chi connectivity index (χ0) is 9.14. The molecule has 0 radical (unpaired) electrons. The quantitative estimate of drug-likeness (QED) is 0.296. The summed E-state index contributed by atoms with van der Waals surface area (Å²) in [6.45, 7) is 1.85. The van der Waals surface area contributed by atoms with Gasteiger partial charge in [-0.15, -0.1) is 0 Å². The topological polar surface area (TPSA) is 78.5 Å². The zero-order valence-electron chi connectivity index (χ0n) is 6.78. The van der Waals surface area contributed by atoms with Crippen LogP contribution in [0.5, 0.6) is 11.5 Å². The molecule has 0 aliphatic carbocycles. The number of hydrogen-bond acceptors (Lipinski definition) is 4. The molecule has 0 aromatic heterocycles. The number of phenols is 2. The molecule has 0 aliphatic heterocycles. The van der Waals surface area contributed by atoms with Crippen molar-refractivity contribution < 1.29 is 10.2 Å². The molecule has 0 amide bonds. The third kappa shape index (κ3) is 1.66. The van der Waals surface area contributed by atoms with E-state index in [0.29, 0.717) is 0 Å². The molecule has 66 valence electrons. The standard InChI is InChI=1S/C8H12N2O2/c1-5(10-9)6-2-3-7(11)8(12)4-6/h2-5,10-12H,9H2,1H3. The SMILES string of the molecule is CC(NN)c1ccc(O)c(O)c1. The molecular formula is C8H12N2O2. The van der Waals surface area contributed by atoms with Gasteiger partial charge in [-0.25, -0.2) is 0 Å². The molecule has 1 rings (SSSR count). The van der Waals surface area contributed by atoms with Crippen LogP contribution in [0.3, 0.4) is 0 Å². The summed E-state index contributed by atoms with van der Waals surface area (Å²) in [6.07, 6.45) is 0. The Labute approximate surface area is 70.6 Å². The lowest BCUT2D eigenvalue weighted by molar-refractivity contribution is 0.402. The van der Waals surface area contributed by atoms with E-state index in [1.54, 1.807) is 6.07 Å². The van der Waals surface area contributed by atoms with Crippen molar-refractivity contribution in [3.8, 4) is 11.5 Å². The first-order chi connectivity index (χ1) is 5.65. The van der Waals surface area contributed by atoms with Gasteiger partial charge in [0.05, 0.1) is 0 Å². The van der Waals surface area contributed by atoms with Crippen molar-refractivity contribution in [1.82, 2.24) is 5.43 Å². The van der Waals surface area contributed by atoms with Crippen LogP contribution in [-0.2, 0) is 0 Å². The number of hydrogen-bond donors (Lipinski definition) is 4. The normalized spacial score (nSPS) is 12.8. The van der Waals surface area contributed by atoms with Gasteiger partial charge in [0.2, 0.25) is 0 Å². The summed E-state index contributed by atoms with van der Waals surface area (Å²) < 4.78 is 0. The summed E-state index contributed by atoms with van der Waals surface area (Å²) in [5.74, 6) is 4.95. The Kier molecular flexibility index (Phi) is 2.52. The van der Waals surface area contributed by atoms with E-state index in [2.05, 4.69) is 5.43 Å². The van der Waals surface area contributed by atoms with Crippen LogP contribution in [0.4, 0.5) is 0 Å². The van der Waals surface area contributed by atoms with E-state index in [-0.39, 0.29) is 17.5 Å². The molecule has 0 heterocycles. The van der Waals surface area contributed by atoms with E-state index in [9.17, 15) is 0 Å². The van der Waals surface area contributed by atoms with Gasteiger partial charge in [-0.05, 0) is 24.6 Å². The van der Waals surface area contributed by atoms with Crippen LogP contribution >= 0.6 is 0 Å². The second kappa shape index (κ2) is 3.42. The lowest BCUT2D eigenvalue weighted by atomic mass is 10.1. The van der Waals surface area contributed by atoms with Crippen LogP contribution in [0.1, 0.15) is 18.5 Å². The predicted octanol–water partition coefficient (Wildman–Crippen LogP) is 0.622. The van der Waals surface area contributed by atoms with Gasteiger partial charge < -0.3 is 10.2 Å². The Morgan fingerprint density at radius 2 is 2.00 bits per heavy atom. The highest BCUT2D eigenvalue weighted by molar-refractivity contribution is 5.41. The molecule has 5 N–H and O–H groups in total. The number of benzene rings is 1. The van der Waals surface area contributed by atoms with Crippen molar-refractivity contribution in [1.29, 1.82) is 0 Å². The first-order valence-corrected chi connectivity index (χ1v) is 3.63. The number of aromatic hydroxyl groups is 2. The largest absolute Gasteiger partial charge is 0.504 e. The van der Waals surface area contributed by atoms with Crippen molar-refractivity contribution in [3.05, 3.63) is 23.8 Å². The van der Waals surface area contributed by atoms with Crippen LogP contribution in [0.25, 0.3) is 0 Å². The van der Waals surface area contributed by atoms with E-state index >= 15 is 0 Å². The highest BCUT2D eigenvalue weighted by atomic mass is 16.3. The third-order valence-electron chi connectivity index (χ3n) is 1.75. The van der Waals surface area contributed by atoms with Crippen molar-refractivity contribution >= 4 is 0 Å². The van der Waals surface area contributed by atoms with Crippen LogP contribution in [-0.4, -0.2) is 10.2 Å². The van der Waals surface area contributed by atoms with E-state index in [1.165, 1.54) is 12.1 Å². The molecular weight excluding hydrogens is 156 g/mol. The van der Waals surface area contributed by atoms with Crippen molar-refractivity contribution in [2.75, 3.05) is 0 Å². The molecule has 0 saturated heterocycles. The first-order valence-electron chi connectivity index (χ1n) is 3.63. The summed E-state index contributed by atoms with van der Waals surface area (Å²) in [5, 5.41) is 18.1. The summed E-state index contributed by atoms with van der Waals surface area (Å²) >= 11 is 0. The number of phenolic OH excluding ortho intramolecular Hbond substituents is 2. The Balaban J connectivity index is 2.96. The number of nitrogens with two attached hydrogens (primary N) is 1. The minimum Gasteiger partial charge on any atom is -0.504 e. The Morgan fingerprint density at radius 1 is 1.33 bits per heavy atom. The van der Waals surface area contributed by atoms with E-state index < -0.39 is 0 Å². The van der Waals surface area contributed by atoms with Gasteiger partial charge >= 0.3 is 0 Å². The fraction of sp³-hybridized carbons (Fsp3) is 0.250. The van der Waals surface area contributed by atoms with Crippen molar-refractivity contribution in [3.63, 3.8) is 0 Å². The summed E-state index contributed by atoms with van der Waals surface area (Å²) in [4.78, 5) is 0. The second-order valence-corrected chi connectivity index (χ2v) is 2.64. The molecule has 0 bridgehead atoms. The van der Waals surface area contributed by atoms with Crippen molar-refractivity contribution in [2.24, 2.45) is 5.84 Å². The molecule has 12 heavy (non-hydrogen) atoms. The maximum Gasteiger partial charge on any atom is 0.157 e. The molecule has 0 aliphatic rings. The Hall–Kier alpha value is -1.26. The maximum atomic E-state index is 9.13. The average molecular weight is 168 g/mol. The van der Waals surface area contributed by atoms with Gasteiger partial charge in [0.15, 0.2) is 11.5 Å². The summed E-state index contributed by atoms with van der Waals surface area (Å²) in [7, 11) is 0. The Morgan fingerprint density at radius 3 is 2.50 bits per heavy atom. The molecule has 1 aromatic rings. The highest BCUT2D eigenvalue weighted by Crippen LogP contribution is 2.27. The Bertz CT molecular complexity index is 276. The number of nitrogens with one attached hydrogen (secondary N) is 1. The van der Waals surface area contributed by atoms with Gasteiger partial charge in [0, 0.05) is 6.04 Å². The monoisotopic (exact) mass is 168 g/mol. The minimum absolute atomic E-state index is 0.0449. The van der Waals surface area contributed by atoms with Crippen molar-refractivity contribution in [2.45, 2.75) is 13.0 Å². The summed E-state index contributed by atoms with van der Waals surface area (Å²) in [5.41, 5.74) is 3.36. The van der Waals surface area contributed by atoms with Crippen LogP contribution in [0.15, 0.2) is 18.2 Å². The van der Waals surface area contributed by atoms with E-state index in [4.69, 9.17) is 16.1 Å². The van der Waals surface area contributed by atoms with E-state index in [1.807, 2.05) is 6.92 Å². The predicted molar refractivity (Wildman–Crippen MR) is 45.5 cm³/mol. The second-order valence-electron chi connectivity index (χ2n) is 2.64. The van der Waals surface area contributed by atoms with Crippen LogP contribution in [0, 0.1) is 0 Å². The first kappa shape index (κ1) is 8.83. The highest BCUT2D eigenvalue weighted by Gasteiger charge is 2.05. The fourth-order valence-corrected chi connectivity index (χ4v) is 0.906. The van der Waals surface area contributed by atoms with E-state index in [0.717, 1.165) is 5.56 Å².